The van der Waals surface area contributed by atoms with Gasteiger partial charge < -0.3 is 14.8 Å². The molecule has 1 fully saturated rings. The lowest BCUT2D eigenvalue weighted by atomic mass is 9.93. The van der Waals surface area contributed by atoms with Crippen molar-refractivity contribution in [1.82, 2.24) is 10.2 Å². The van der Waals surface area contributed by atoms with Gasteiger partial charge in [-0.25, -0.2) is 9.59 Å². The van der Waals surface area contributed by atoms with Gasteiger partial charge in [-0.1, -0.05) is 26.0 Å². The van der Waals surface area contributed by atoms with Gasteiger partial charge in [0.1, 0.15) is 18.7 Å². The van der Waals surface area contributed by atoms with Crippen LogP contribution in [0.15, 0.2) is 24.3 Å². The lowest BCUT2D eigenvalue weighted by molar-refractivity contribution is -0.148. The van der Waals surface area contributed by atoms with Crippen molar-refractivity contribution >= 4 is 23.9 Å². The summed E-state index contributed by atoms with van der Waals surface area (Å²) in [5.74, 6) is -1.55. The zero-order valence-electron chi connectivity index (χ0n) is 15.0. The third-order valence-electron chi connectivity index (χ3n) is 4.52. The zero-order valence-corrected chi connectivity index (χ0v) is 15.0. The topological polar surface area (TPSA) is 102 Å². The predicted molar refractivity (Wildman–Crippen MR) is 91.1 cm³/mol. The van der Waals surface area contributed by atoms with E-state index in [9.17, 15) is 19.2 Å². The highest BCUT2D eigenvalue weighted by Gasteiger charge is 2.49. The molecule has 1 aliphatic heterocycles. The molecule has 0 bridgehead atoms. The van der Waals surface area contributed by atoms with Gasteiger partial charge in [0.05, 0.1) is 12.7 Å². The number of rotatable bonds is 7. The fourth-order valence-electron chi connectivity index (χ4n) is 2.74. The van der Waals surface area contributed by atoms with Gasteiger partial charge in [-0.15, -0.1) is 0 Å². The number of hydrogen-bond acceptors (Lipinski definition) is 6. The van der Waals surface area contributed by atoms with Crippen LogP contribution in [0.4, 0.5) is 4.79 Å². The highest BCUT2D eigenvalue weighted by Crippen LogP contribution is 2.24. The number of amides is 3. The first-order valence-electron chi connectivity index (χ1n) is 8.33. The minimum atomic E-state index is -0.943. The number of methoxy groups -OCH3 is 1. The Hall–Kier alpha value is -2.90. The van der Waals surface area contributed by atoms with Crippen molar-refractivity contribution < 1.29 is 28.7 Å². The Morgan fingerprint density at radius 3 is 2.23 bits per heavy atom. The second-order valence-electron chi connectivity index (χ2n) is 5.96. The summed E-state index contributed by atoms with van der Waals surface area (Å²) in [4.78, 5) is 48.7. The van der Waals surface area contributed by atoms with Crippen molar-refractivity contribution in [3.8, 4) is 0 Å². The number of nitrogens with one attached hydrogen (secondary N) is 1. The van der Waals surface area contributed by atoms with E-state index in [2.05, 4.69) is 10.1 Å². The number of esters is 2. The van der Waals surface area contributed by atoms with Gasteiger partial charge in [0.25, 0.3) is 5.91 Å². The summed E-state index contributed by atoms with van der Waals surface area (Å²) in [7, 11) is 1.29. The average molecular weight is 362 g/mol. The van der Waals surface area contributed by atoms with E-state index in [1.54, 1.807) is 24.3 Å². The molecule has 0 unspecified atom stereocenters. The number of nitrogens with zero attached hydrogens (tertiary/aromatic N) is 1. The molecule has 3 amide bonds. The fraction of sp³-hybridized carbons (Fsp3) is 0.444. The van der Waals surface area contributed by atoms with Gasteiger partial charge in [0.2, 0.25) is 0 Å². The molecule has 0 saturated carbocycles. The van der Waals surface area contributed by atoms with Gasteiger partial charge in [-0.05, 0) is 30.5 Å². The van der Waals surface area contributed by atoms with E-state index in [-0.39, 0.29) is 6.61 Å². The van der Waals surface area contributed by atoms with Crippen molar-refractivity contribution in [2.24, 2.45) is 0 Å². The SMILES string of the molecule is CCC1(CC)NC(=O)N(CC(=O)OCc2ccc(C(=O)OC)cc2)C1=O. The van der Waals surface area contributed by atoms with E-state index < -0.39 is 36.0 Å². The van der Waals surface area contributed by atoms with Crippen molar-refractivity contribution in [3.63, 3.8) is 0 Å². The maximum absolute atomic E-state index is 12.4. The van der Waals surface area contributed by atoms with Crippen LogP contribution in [0, 0.1) is 0 Å². The molecule has 8 heteroatoms. The number of ether oxygens (including phenoxy) is 2. The standard InChI is InChI=1S/C18H22N2O6/c1-4-18(5-2)16(23)20(17(24)19-18)10-14(21)26-11-12-6-8-13(9-7-12)15(22)25-3/h6-9H,4-5,10-11H2,1-3H3,(H,19,24). The molecular formula is C18H22N2O6. The van der Waals surface area contributed by atoms with E-state index in [1.807, 2.05) is 13.8 Å². The Morgan fingerprint density at radius 1 is 1.12 bits per heavy atom. The van der Waals surface area contributed by atoms with Crippen molar-refractivity contribution in [2.45, 2.75) is 38.8 Å². The van der Waals surface area contributed by atoms with Crippen LogP contribution in [0.5, 0.6) is 0 Å². The summed E-state index contributed by atoms with van der Waals surface area (Å²) in [6.07, 6.45) is 0.901. The molecule has 0 spiro atoms. The largest absolute Gasteiger partial charge is 0.465 e. The molecule has 1 aliphatic rings. The lowest BCUT2D eigenvalue weighted by Crippen LogP contribution is -2.46. The first-order valence-corrected chi connectivity index (χ1v) is 8.33. The molecule has 26 heavy (non-hydrogen) atoms. The van der Waals surface area contributed by atoms with E-state index in [0.29, 0.717) is 24.0 Å². The molecule has 0 aromatic heterocycles. The number of benzene rings is 1. The fourth-order valence-corrected chi connectivity index (χ4v) is 2.74. The number of imide groups is 1. The monoisotopic (exact) mass is 362 g/mol. The molecule has 140 valence electrons. The summed E-state index contributed by atoms with van der Waals surface area (Å²) >= 11 is 0. The van der Waals surface area contributed by atoms with Crippen LogP contribution < -0.4 is 5.32 Å². The number of carbonyl (C=O) groups is 4. The summed E-state index contributed by atoms with van der Waals surface area (Å²) in [5.41, 5.74) is 0.109. The number of hydrogen-bond donors (Lipinski definition) is 1. The average Bonchev–Trinajstić information content (AvgIpc) is 2.90. The Kier molecular flexibility index (Phi) is 5.97. The number of urea groups is 1. The molecule has 8 nitrogen and oxygen atoms in total. The van der Waals surface area contributed by atoms with E-state index in [4.69, 9.17) is 4.74 Å². The van der Waals surface area contributed by atoms with Crippen molar-refractivity contribution in [3.05, 3.63) is 35.4 Å². The van der Waals surface area contributed by atoms with Gasteiger partial charge >= 0.3 is 18.0 Å². The third-order valence-corrected chi connectivity index (χ3v) is 4.52. The van der Waals surface area contributed by atoms with Gasteiger partial charge in [-0.3, -0.25) is 14.5 Å². The summed E-state index contributed by atoms with van der Waals surface area (Å²) in [6.45, 7) is 3.15. The van der Waals surface area contributed by atoms with Crippen LogP contribution >= 0.6 is 0 Å². The molecular weight excluding hydrogens is 340 g/mol. The van der Waals surface area contributed by atoms with E-state index in [1.165, 1.54) is 7.11 Å². The molecule has 1 saturated heterocycles. The molecule has 1 aromatic rings. The van der Waals surface area contributed by atoms with Crippen LogP contribution in [0.25, 0.3) is 0 Å². The normalized spacial score (nSPS) is 15.6. The van der Waals surface area contributed by atoms with Gasteiger partial charge in [0.15, 0.2) is 0 Å². The van der Waals surface area contributed by atoms with Crippen LogP contribution in [-0.2, 0) is 25.7 Å². The van der Waals surface area contributed by atoms with Crippen LogP contribution in [0.3, 0.4) is 0 Å². The van der Waals surface area contributed by atoms with Crippen LogP contribution in [0.1, 0.15) is 42.6 Å². The minimum absolute atomic E-state index is 0.0311. The minimum Gasteiger partial charge on any atom is -0.465 e. The van der Waals surface area contributed by atoms with Gasteiger partial charge in [0, 0.05) is 0 Å². The Balaban J connectivity index is 1.92. The first-order chi connectivity index (χ1) is 12.4. The van der Waals surface area contributed by atoms with Crippen LogP contribution in [-0.4, -0.2) is 48.0 Å². The Labute approximate surface area is 151 Å². The van der Waals surface area contributed by atoms with Crippen molar-refractivity contribution in [1.29, 1.82) is 0 Å². The predicted octanol–water partition coefficient (Wildman–Crippen LogP) is 1.63. The Bertz CT molecular complexity index is 709. The molecule has 1 aromatic carbocycles. The van der Waals surface area contributed by atoms with E-state index in [0.717, 1.165) is 4.90 Å². The van der Waals surface area contributed by atoms with Gasteiger partial charge in [-0.2, -0.15) is 0 Å². The number of carbonyl (C=O) groups excluding carboxylic acids is 4. The molecule has 2 rings (SSSR count). The van der Waals surface area contributed by atoms with E-state index >= 15 is 0 Å². The molecule has 1 N–H and O–H groups in total. The smallest absolute Gasteiger partial charge is 0.337 e. The zero-order chi connectivity index (χ0) is 19.3. The molecule has 0 aliphatic carbocycles. The summed E-state index contributed by atoms with van der Waals surface area (Å²) < 4.78 is 9.72. The lowest BCUT2D eigenvalue weighted by Gasteiger charge is -2.22. The maximum atomic E-state index is 12.4. The van der Waals surface area contributed by atoms with Crippen LogP contribution in [0.2, 0.25) is 0 Å². The second kappa shape index (κ2) is 7.99. The maximum Gasteiger partial charge on any atom is 0.337 e. The quantitative estimate of drug-likeness (QED) is 0.584. The summed E-state index contributed by atoms with van der Waals surface area (Å²) in [6, 6.07) is 5.80. The molecule has 1 heterocycles. The molecule has 0 atom stereocenters. The second-order valence-corrected chi connectivity index (χ2v) is 5.96. The van der Waals surface area contributed by atoms with Crippen molar-refractivity contribution in [2.75, 3.05) is 13.7 Å². The Morgan fingerprint density at radius 2 is 1.73 bits per heavy atom. The third kappa shape index (κ3) is 3.84. The highest BCUT2D eigenvalue weighted by atomic mass is 16.5. The molecule has 0 radical (unpaired) electrons. The highest BCUT2D eigenvalue weighted by molar-refractivity contribution is 6.08. The summed E-state index contributed by atoms with van der Waals surface area (Å²) in [5, 5.41) is 2.65. The first kappa shape index (κ1) is 19.4.